The Bertz CT molecular complexity index is 284. The van der Waals surface area contributed by atoms with Gasteiger partial charge < -0.3 is 15.2 Å². The van der Waals surface area contributed by atoms with Crippen LogP contribution in [-0.2, 0) is 9.47 Å². The van der Waals surface area contributed by atoms with Crippen LogP contribution < -0.4 is 5.73 Å². The molecule has 0 amide bonds. The van der Waals surface area contributed by atoms with E-state index in [9.17, 15) is 0 Å². The lowest BCUT2D eigenvalue weighted by Gasteiger charge is -2.39. The van der Waals surface area contributed by atoms with Crippen LogP contribution in [0.1, 0.15) is 33.1 Å². The van der Waals surface area contributed by atoms with Crippen LogP contribution in [0.5, 0.6) is 0 Å². The van der Waals surface area contributed by atoms with Gasteiger partial charge in [-0.25, -0.2) is 0 Å². The average molecular weight is 256 g/mol. The Hall–Kier alpha value is -0.160. The summed E-state index contributed by atoms with van der Waals surface area (Å²) in [5, 5.41) is 0. The highest BCUT2D eigenvalue weighted by atomic mass is 16.5. The third-order valence-electron chi connectivity index (χ3n) is 4.95. The zero-order valence-electron chi connectivity index (χ0n) is 12.2. The van der Waals surface area contributed by atoms with E-state index >= 15 is 0 Å². The molecule has 1 aliphatic heterocycles. The normalized spacial score (nSPS) is 40.5. The highest BCUT2D eigenvalue weighted by Crippen LogP contribution is 2.47. The second-order valence-electron chi connectivity index (χ2n) is 6.72. The summed E-state index contributed by atoms with van der Waals surface area (Å²) in [5.74, 6) is 0. The fourth-order valence-electron chi connectivity index (χ4n) is 3.80. The van der Waals surface area contributed by atoms with Crippen LogP contribution in [0.25, 0.3) is 0 Å². The zero-order valence-corrected chi connectivity index (χ0v) is 12.2. The van der Waals surface area contributed by atoms with Gasteiger partial charge in [0.05, 0.1) is 12.2 Å². The van der Waals surface area contributed by atoms with Crippen molar-refractivity contribution in [1.29, 1.82) is 0 Å². The maximum absolute atomic E-state index is 6.12. The molecule has 0 spiro atoms. The van der Waals surface area contributed by atoms with Gasteiger partial charge in [0.15, 0.2) is 0 Å². The molecule has 4 nitrogen and oxygen atoms in total. The number of nitrogens with zero attached hydrogens (tertiary/aromatic N) is 1. The Morgan fingerprint density at radius 2 is 1.67 bits per heavy atom. The molecule has 1 saturated carbocycles. The molecule has 1 heterocycles. The first kappa shape index (κ1) is 14.3. The Labute approximate surface area is 111 Å². The summed E-state index contributed by atoms with van der Waals surface area (Å²) in [5.41, 5.74) is 6.69. The molecule has 4 heteroatoms. The molecular weight excluding hydrogens is 228 g/mol. The first-order valence-corrected chi connectivity index (χ1v) is 6.97. The maximum Gasteiger partial charge on any atom is 0.0972 e. The van der Waals surface area contributed by atoms with E-state index in [4.69, 9.17) is 15.2 Å². The van der Waals surface area contributed by atoms with Crippen LogP contribution in [0, 0.1) is 5.41 Å². The van der Waals surface area contributed by atoms with E-state index in [0.717, 1.165) is 19.6 Å². The van der Waals surface area contributed by atoms with E-state index < -0.39 is 0 Å². The number of hydrogen-bond acceptors (Lipinski definition) is 4. The minimum atomic E-state index is 0.160. The predicted octanol–water partition coefficient (Wildman–Crippen LogP) is 1.24. The predicted molar refractivity (Wildman–Crippen MR) is 72.6 cm³/mol. The molecule has 2 fully saturated rings. The van der Waals surface area contributed by atoms with E-state index in [1.165, 1.54) is 19.3 Å². The molecule has 0 aromatic heterocycles. The van der Waals surface area contributed by atoms with E-state index in [1.54, 1.807) is 14.2 Å². The van der Waals surface area contributed by atoms with Crippen molar-refractivity contribution < 1.29 is 9.47 Å². The quantitative estimate of drug-likeness (QED) is 0.822. The van der Waals surface area contributed by atoms with E-state index in [1.807, 2.05) is 0 Å². The van der Waals surface area contributed by atoms with E-state index in [-0.39, 0.29) is 17.7 Å². The van der Waals surface area contributed by atoms with Gasteiger partial charge in [-0.15, -0.1) is 0 Å². The zero-order chi connectivity index (χ0) is 13.4. The van der Waals surface area contributed by atoms with Gasteiger partial charge in [-0.05, 0) is 24.7 Å². The highest BCUT2D eigenvalue weighted by molar-refractivity contribution is 5.05. The van der Waals surface area contributed by atoms with Crippen LogP contribution in [-0.4, -0.2) is 56.5 Å². The van der Waals surface area contributed by atoms with Crippen LogP contribution in [0.3, 0.4) is 0 Å². The molecule has 2 N–H and O–H groups in total. The fraction of sp³-hybridized carbons (Fsp3) is 1.00. The lowest BCUT2D eigenvalue weighted by atomic mass is 9.87. The molecule has 106 valence electrons. The summed E-state index contributed by atoms with van der Waals surface area (Å²) in [6.45, 7) is 7.33. The van der Waals surface area contributed by atoms with Gasteiger partial charge in [-0.2, -0.15) is 0 Å². The van der Waals surface area contributed by atoms with Crippen LogP contribution in [0.2, 0.25) is 0 Å². The molecule has 1 aliphatic carbocycles. The Balaban J connectivity index is 2.11. The molecule has 0 aromatic carbocycles. The van der Waals surface area contributed by atoms with Crippen LogP contribution in [0.15, 0.2) is 0 Å². The van der Waals surface area contributed by atoms with Crippen molar-refractivity contribution in [2.24, 2.45) is 11.1 Å². The molecular formula is C14H28N2O2. The monoisotopic (exact) mass is 256 g/mol. The summed E-state index contributed by atoms with van der Waals surface area (Å²) < 4.78 is 11.1. The van der Waals surface area contributed by atoms with Gasteiger partial charge in [-0.1, -0.05) is 13.8 Å². The lowest BCUT2D eigenvalue weighted by molar-refractivity contribution is -0.00461. The third kappa shape index (κ3) is 2.44. The van der Waals surface area contributed by atoms with Gasteiger partial charge in [0, 0.05) is 39.4 Å². The molecule has 0 aromatic rings. The van der Waals surface area contributed by atoms with Gasteiger partial charge in [0.1, 0.15) is 0 Å². The minimum Gasteiger partial charge on any atom is -0.377 e. The molecule has 2 rings (SSSR count). The second-order valence-corrected chi connectivity index (χ2v) is 6.72. The van der Waals surface area contributed by atoms with Crippen molar-refractivity contribution in [2.75, 3.05) is 33.9 Å². The first-order chi connectivity index (χ1) is 8.46. The largest absolute Gasteiger partial charge is 0.377 e. The fourth-order valence-corrected chi connectivity index (χ4v) is 3.80. The molecule has 3 atom stereocenters. The smallest absolute Gasteiger partial charge is 0.0972 e. The molecule has 0 radical (unpaired) electrons. The van der Waals surface area contributed by atoms with Crippen molar-refractivity contribution in [3.05, 3.63) is 0 Å². The van der Waals surface area contributed by atoms with Crippen molar-refractivity contribution in [3.63, 3.8) is 0 Å². The first-order valence-electron chi connectivity index (χ1n) is 6.97. The number of nitrogens with two attached hydrogens (primary N) is 1. The van der Waals surface area contributed by atoms with Gasteiger partial charge >= 0.3 is 0 Å². The number of ether oxygens (including phenoxy) is 2. The number of hydrogen-bond donors (Lipinski definition) is 1. The Morgan fingerprint density at radius 3 is 2.00 bits per heavy atom. The summed E-state index contributed by atoms with van der Waals surface area (Å²) in [6.07, 6.45) is 4.01. The molecule has 2 aliphatic rings. The summed E-state index contributed by atoms with van der Waals surface area (Å²) >= 11 is 0. The lowest BCUT2D eigenvalue weighted by Crippen LogP contribution is -2.52. The number of methoxy groups -OCH3 is 2. The Kier molecular flexibility index (Phi) is 4.02. The molecule has 1 saturated heterocycles. The maximum atomic E-state index is 6.12. The van der Waals surface area contributed by atoms with Crippen molar-refractivity contribution in [2.45, 2.75) is 50.9 Å². The second kappa shape index (κ2) is 5.08. The molecule has 0 bridgehead atoms. The minimum absolute atomic E-state index is 0.160. The number of rotatable bonds is 4. The van der Waals surface area contributed by atoms with Crippen molar-refractivity contribution >= 4 is 0 Å². The highest BCUT2D eigenvalue weighted by Gasteiger charge is 2.50. The van der Waals surface area contributed by atoms with Crippen molar-refractivity contribution in [3.8, 4) is 0 Å². The molecule has 3 unspecified atom stereocenters. The van der Waals surface area contributed by atoms with Gasteiger partial charge in [-0.3, -0.25) is 4.90 Å². The average Bonchev–Trinajstić information content (AvgIpc) is 2.90. The summed E-state index contributed by atoms with van der Waals surface area (Å²) in [7, 11) is 3.54. The van der Waals surface area contributed by atoms with E-state index in [0.29, 0.717) is 5.41 Å². The summed E-state index contributed by atoms with van der Waals surface area (Å²) in [4.78, 5) is 2.52. The molecule has 18 heavy (non-hydrogen) atoms. The van der Waals surface area contributed by atoms with Crippen LogP contribution >= 0.6 is 0 Å². The Morgan fingerprint density at radius 1 is 1.11 bits per heavy atom. The standard InChI is InChI=1S/C14H28N2O2/c1-13(2)5-6-14(9-13,10-15)16-7-11(17-3)12(8-16)18-4/h11-12H,5-10,15H2,1-4H3. The summed E-state index contributed by atoms with van der Waals surface area (Å²) in [6, 6.07) is 0. The number of likely N-dealkylation sites (tertiary alicyclic amines) is 1. The van der Waals surface area contributed by atoms with E-state index in [2.05, 4.69) is 18.7 Å². The SMILES string of the molecule is COC1CN(C2(CN)CCC(C)(C)C2)CC1OC. The van der Waals surface area contributed by atoms with Gasteiger partial charge in [0.2, 0.25) is 0 Å². The topological polar surface area (TPSA) is 47.7 Å². The van der Waals surface area contributed by atoms with Crippen LogP contribution in [0.4, 0.5) is 0 Å². The third-order valence-corrected chi connectivity index (χ3v) is 4.95. The van der Waals surface area contributed by atoms with Crippen molar-refractivity contribution in [1.82, 2.24) is 4.90 Å². The van der Waals surface area contributed by atoms with Gasteiger partial charge in [0.25, 0.3) is 0 Å².